The lowest BCUT2D eigenvalue weighted by Crippen LogP contribution is -2.11. The van der Waals surface area contributed by atoms with Gasteiger partial charge in [-0.3, -0.25) is 0 Å². The lowest BCUT2D eigenvalue weighted by molar-refractivity contribution is 0.598. The van der Waals surface area contributed by atoms with Crippen LogP contribution in [-0.4, -0.2) is 8.42 Å². The van der Waals surface area contributed by atoms with Gasteiger partial charge in [-0.1, -0.05) is 24.3 Å². The van der Waals surface area contributed by atoms with Crippen molar-refractivity contribution in [2.24, 2.45) is 5.14 Å². The van der Waals surface area contributed by atoms with Crippen molar-refractivity contribution in [2.75, 3.05) is 0 Å². The van der Waals surface area contributed by atoms with Crippen LogP contribution in [0.4, 0.5) is 0 Å². The Bertz CT molecular complexity index is 611. The van der Waals surface area contributed by atoms with Gasteiger partial charge in [0.1, 0.15) is 0 Å². The van der Waals surface area contributed by atoms with Crippen LogP contribution < -0.4 is 5.14 Å². The first-order chi connectivity index (χ1) is 8.05. The molecule has 1 heterocycles. The molecule has 0 saturated heterocycles. The zero-order chi connectivity index (χ0) is 12.3. The molecule has 1 aromatic heterocycles. The number of primary sulfonamides is 1. The largest absolute Gasteiger partial charge is 0.238 e. The maximum atomic E-state index is 11.0. The van der Waals surface area contributed by atoms with Crippen molar-refractivity contribution >= 4 is 33.5 Å². The molecule has 0 saturated carbocycles. The molecule has 0 aliphatic heterocycles. The molecule has 17 heavy (non-hydrogen) atoms. The third-order valence-corrected chi connectivity index (χ3v) is 3.85. The van der Waals surface area contributed by atoms with E-state index in [1.54, 1.807) is 23.5 Å². The van der Waals surface area contributed by atoms with Crippen molar-refractivity contribution < 1.29 is 8.42 Å². The van der Waals surface area contributed by atoms with E-state index < -0.39 is 10.0 Å². The van der Waals surface area contributed by atoms with E-state index in [4.69, 9.17) is 5.14 Å². The second kappa shape index (κ2) is 4.83. The van der Waals surface area contributed by atoms with Crippen molar-refractivity contribution in [1.29, 1.82) is 0 Å². The average Bonchev–Trinajstić information content (AvgIpc) is 2.78. The topological polar surface area (TPSA) is 60.2 Å². The molecule has 5 heteroatoms. The standard InChI is InChI=1S/C12H11NO2S2/c13-17(14,15)12-5-3-10(4-6-12)1-2-11-7-8-16-9-11/h1-9H,(H2,13,14,15). The van der Waals surface area contributed by atoms with Crippen molar-refractivity contribution in [3.8, 4) is 0 Å². The lowest BCUT2D eigenvalue weighted by atomic mass is 10.2. The quantitative estimate of drug-likeness (QED) is 0.927. The van der Waals surface area contributed by atoms with Crippen molar-refractivity contribution in [2.45, 2.75) is 4.90 Å². The minimum atomic E-state index is -3.60. The predicted molar refractivity (Wildman–Crippen MR) is 71.1 cm³/mol. The maximum Gasteiger partial charge on any atom is 0.238 e. The lowest BCUT2D eigenvalue weighted by Gasteiger charge is -1.98. The summed E-state index contributed by atoms with van der Waals surface area (Å²) in [5.74, 6) is 0. The molecule has 0 amide bonds. The fourth-order valence-corrected chi connectivity index (χ4v) is 2.47. The normalized spacial score (nSPS) is 12.1. The van der Waals surface area contributed by atoms with Crippen molar-refractivity contribution in [1.82, 2.24) is 0 Å². The fourth-order valence-electron chi connectivity index (χ4n) is 1.33. The number of hydrogen-bond acceptors (Lipinski definition) is 3. The van der Waals surface area contributed by atoms with Gasteiger partial charge in [-0.2, -0.15) is 11.3 Å². The minimum absolute atomic E-state index is 0.130. The first kappa shape index (κ1) is 12.0. The molecular formula is C12H11NO2S2. The number of nitrogens with two attached hydrogens (primary N) is 1. The third-order valence-electron chi connectivity index (χ3n) is 2.22. The van der Waals surface area contributed by atoms with E-state index >= 15 is 0 Å². The molecule has 3 nitrogen and oxygen atoms in total. The van der Waals surface area contributed by atoms with Gasteiger partial charge >= 0.3 is 0 Å². The van der Waals surface area contributed by atoms with Crippen LogP contribution in [0, 0.1) is 0 Å². The summed E-state index contributed by atoms with van der Waals surface area (Å²) in [6.07, 6.45) is 3.90. The van der Waals surface area contributed by atoms with Gasteiger partial charge in [0.2, 0.25) is 10.0 Å². The van der Waals surface area contributed by atoms with E-state index in [1.165, 1.54) is 12.1 Å². The van der Waals surface area contributed by atoms with Crippen LogP contribution in [0.1, 0.15) is 11.1 Å². The second-order valence-corrected chi connectivity index (χ2v) is 5.85. The Balaban J connectivity index is 2.19. The highest BCUT2D eigenvalue weighted by atomic mass is 32.2. The number of hydrogen-bond donors (Lipinski definition) is 1. The zero-order valence-electron chi connectivity index (χ0n) is 8.91. The van der Waals surface area contributed by atoms with Gasteiger partial charge in [0.05, 0.1) is 4.90 Å². The maximum absolute atomic E-state index is 11.0. The van der Waals surface area contributed by atoms with Gasteiger partial charge < -0.3 is 0 Å². The molecule has 0 fully saturated rings. The van der Waals surface area contributed by atoms with Crippen LogP contribution in [0.3, 0.4) is 0 Å². The first-order valence-corrected chi connectivity index (χ1v) is 7.38. The Morgan fingerprint density at radius 1 is 1.00 bits per heavy atom. The molecule has 0 unspecified atom stereocenters. The van der Waals surface area contributed by atoms with Gasteiger partial charge in [0.25, 0.3) is 0 Å². The Morgan fingerprint density at radius 3 is 2.18 bits per heavy atom. The molecule has 0 spiro atoms. The Kier molecular flexibility index (Phi) is 3.42. The molecule has 88 valence electrons. The molecule has 0 bridgehead atoms. The molecule has 2 aromatic rings. The van der Waals surface area contributed by atoms with Crippen LogP contribution in [-0.2, 0) is 10.0 Å². The summed E-state index contributed by atoms with van der Waals surface area (Å²) in [7, 11) is -3.60. The summed E-state index contributed by atoms with van der Waals surface area (Å²) < 4.78 is 22.1. The summed E-state index contributed by atoms with van der Waals surface area (Å²) in [6.45, 7) is 0. The number of thiophene rings is 1. The highest BCUT2D eigenvalue weighted by Gasteiger charge is 2.05. The van der Waals surface area contributed by atoms with E-state index in [9.17, 15) is 8.42 Å². The minimum Gasteiger partial charge on any atom is -0.225 e. The molecule has 2 N–H and O–H groups in total. The summed E-state index contributed by atoms with van der Waals surface area (Å²) in [5.41, 5.74) is 2.06. The molecular weight excluding hydrogens is 254 g/mol. The zero-order valence-corrected chi connectivity index (χ0v) is 10.5. The average molecular weight is 265 g/mol. The molecule has 2 rings (SSSR count). The SMILES string of the molecule is NS(=O)(=O)c1ccc(C=Cc2ccsc2)cc1. The molecule has 0 radical (unpaired) electrons. The molecule has 0 aliphatic rings. The van der Waals surface area contributed by atoms with E-state index in [0.717, 1.165) is 11.1 Å². The summed E-state index contributed by atoms with van der Waals surface area (Å²) in [6, 6.07) is 8.47. The van der Waals surface area contributed by atoms with E-state index in [1.807, 2.05) is 29.0 Å². The highest BCUT2D eigenvalue weighted by molar-refractivity contribution is 7.89. The van der Waals surface area contributed by atoms with E-state index in [2.05, 4.69) is 0 Å². The van der Waals surface area contributed by atoms with Crippen LogP contribution in [0.2, 0.25) is 0 Å². The van der Waals surface area contributed by atoms with Crippen LogP contribution in [0.5, 0.6) is 0 Å². The summed E-state index contributed by atoms with van der Waals surface area (Å²) in [5, 5.41) is 9.05. The van der Waals surface area contributed by atoms with Crippen LogP contribution >= 0.6 is 11.3 Å². The number of benzene rings is 1. The second-order valence-electron chi connectivity index (χ2n) is 3.50. The first-order valence-electron chi connectivity index (χ1n) is 4.89. The monoisotopic (exact) mass is 265 g/mol. The molecule has 0 atom stereocenters. The molecule has 0 aliphatic carbocycles. The van der Waals surface area contributed by atoms with Gasteiger partial charge in [-0.25, -0.2) is 13.6 Å². The Hall–Kier alpha value is -1.43. The molecule has 1 aromatic carbocycles. The smallest absolute Gasteiger partial charge is 0.225 e. The van der Waals surface area contributed by atoms with E-state index in [0.29, 0.717) is 0 Å². The van der Waals surface area contributed by atoms with Crippen LogP contribution in [0.15, 0.2) is 46.0 Å². The number of sulfonamides is 1. The van der Waals surface area contributed by atoms with E-state index in [-0.39, 0.29) is 4.90 Å². The Morgan fingerprint density at radius 2 is 1.65 bits per heavy atom. The fraction of sp³-hybridized carbons (Fsp3) is 0. The predicted octanol–water partition coefficient (Wildman–Crippen LogP) is 2.57. The summed E-state index contributed by atoms with van der Waals surface area (Å²) in [4.78, 5) is 0.130. The van der Waals surface area contributed by atoms with Gasteiger partial charge in [-0.15, -0.1) is 0 Å². The van der Waals surface area contributed by atoms with Crippen LogP contribution in [0.25, 0.3) is 12.2 Å². The van der Waals surface area contributed by atoms with Crippen molar-refractivity contribution in [3.05, 3.63) is 52.2 Å². The van der Waals surface area contributed by atoms with Gasteiger partial charge in [0, 0.05) is 0 Å². The van der Waals surface area contributed by atoms with Crippen molar-refractivity contribution in [3.63, 3.8) is 0 Å². The highest BCUT2D eigenvalue weighted by Crippen LogP contribution is 2.13. The summed E-state index contributed by atoms with van der Waals surface area (Å²) >= 11 is 1.63. The van der Waals surface area contributed by atoms with Gasteiger partial charge in [0.15, 0.2) is 0 Å². The van der Waals surface area contributed by atoms with Gasteiger partial charge in [-0.05, 0) is 40.1 Å². The number of rotatable bonds is 3. The Labute approximate surface area is 104 Å². The third kappa shape index (κ3) is 3.26.